The lowest BCUT2D eigenvalue weighted by atomic mass is 9.73. The van der Waals surface area contributed by atoms with Gasteiger partial charge in [-0.3, -0.25) is 0 Å². The van der Waals surface area contributed by atoms with E-state index < -0.39 is 0 Å². The number of unbranched alkanes of at least 4 members (excludes halogenated alkanes) is 1. The van der Waals surface area contributed by atoms with Crippen molar-refractivity contribution in [3.63, 3.8) is 0 Å². The van der Waals surface area contributed by atoms with Gasteiger partial charge in [0.15, 0.2) is 0 Å². The Morgan fingerprint density at radius 1 is 0.491 bits per heavy atom. The zero-order valence-electron chi connectivity index (χ0n) is 30.8. The number of aryl methyl sites for hydroxylation is 1. The molecule has 0 radical (unpaired) electrons. The Morgan fingerprint density at radius 2 is 1.11 bits per heavy atom. The first-order valence-corrected chi connectivity index (χ1v) is 19.0. The Morgan fingerprint density at radius 3 is 1.89 bits per heavy atom. The maximum Gasteiger partial charge on any atom is 0.0503 e. The standard InChI is InChI=1S/C51H44N2/c1-4-5-16-38-33-39-34-43(30-31-45(39)46-22-13-12-21-44(38)46)52(40-17-8-6-9-18-40)42-28-25-36(26-29-42)37-27-32-50-48(35-37)51(2,3)47-23-14-15-24-49(47)53(50)41-19-10-7-11-20-41/h6-15,17-35H,4-5,16H2,1-3H3. The van der Waals surface area contributed by atoms with E-state index in [-0.39, 0.29) is 5.41 Å². The Kier molecular flexibility index (Phi) is 8.32. The van der Waals surface area contributed by atoms with Crippen LogP contribution in [0.15, 0.2) is 176 Å². The van der Waals surface area contributed by atoms with E-state index in [0.29, 0.717) is 0 Å². The highest BCUT2D eigenvalue weighted by molar-refractivity contribution is 6.10. The fraction of sp³-hybridized carbons (Fsp3) is 0.137. The average Bonchev–Trinajstić information content (AvgIpc) is 3.21. The third kappa shape index (κ3) is 5.76. The van der Waals surface area contributed by atoms with Crippen LogP contribution in [0.2, 0.25) is 0 Å². The summed E-state index contributed by atoms with van der Waals surface area (Å²) in [5, 5.41) is 5.30. The summed E-state index contributed by atoms with van der Waals surface area (Å²) in [7, 11) is 0. The van der Waals surface area contributed by atoms with Gasteiger partial charge >= 0.3 is 0 Å². The minimum absolute atomic E-state index is 0.158. The van der Waals surface area contributed by atoms with Gasteiger partial charge in [0.1, 0.15) is 0 Å². The molecule has 0 saturated carbocycles. The van der Waals surface area contributed by atoms with Crippen LogP contribution >= 0.6 is 0 Å². The van der Waals surface area contributed by atoms with Gasteiger partial charge in [-0.2, -0.15) is 0 Å². The molecule has 0 N–H and O–H groups in total. The maximum absolute atomic E-state index is 2.43. The van der Waals surface area contributed by atoms with Crippen molar-refractivity contribution >= 4 is 55.7 Å². The number of para-hydroxylation sites is 3. The quantitative estimate of drug-likeness (QED) is 0.147. The van der Waals surface area contributed by atoms with Crippen molar-refractivity contribution in [1.29, 1.82) is 0 Å². The second kappa shape index (κ2) is 13.5. The Balaban J connectivity index is 1.12. The van der Waals surface area contributed by atoms with E-state index in [0.717, 1.165) is 23.5 Å². The molecule has 0 aromatic heterocycles. The molecule has 1 aliphatic heterocycles. The van der Waals surface area contributed by atoms with Crippen LogP contribution in [0.1, 0.15) is 50.3 Å². The molecule has 2 heteroatoms. The van der Waals surface area contributed by atoms with E-state index in [4.69, 9.17) is 0 Å². The van der Waals surface area contributed by atoms with Crippen LogP contribution in [0, 0.1) is 0 Å². The fourth-order valence-corrected chi connectivity index (χ4v) is 8.46. The maximum atomic E-state index is 2.43. The lowest BCUT2D eigenvalue weighted by Crippen LogP contribution is -2.30. The van der Waals surface area contributed by atoms with Crippen LogP contribution in [0.4, 0.5) is 34.1 Å². The van der Waals surface area contributed by atoms with Crippen molar-refractivity contribution in [1.82, 2.24) is 0 Å². The Hall–Kier alpha value is -6.12. The highest BCUT2D eigenvalue weighted by Gasteiger charge is 2.37. The van der Waals surface area contributed by atoms with Crippen LogP contribution in [0.5, 0.6) is 0 Å². The Bertz CT molecular complexity index is 2570. The molecule has 0 unspecified atom stereocenters. The number of nitrogens with zero attached hydrogens (tertiary/aromatic N) is 2. The molecule has 0 spiro atoms. The molecule has 9 rings (SSSR count). The van der Waals surface area contributed by atoms with Gasteiger partial charge in [-0.1, -0.05) is 136 Å². The molecule has 2 nitrogen and oxygen atoms in total. The predicted molar refractivity (Wildman–Crippen MR) is 227 cm³/mol. The van der Waals surface area contributed by atoms with Crippen molar-refractivity contribution in [3.05, 3.63) is 193 Å². The molecule has 0 saturated heterocycles. The summed E-state index contributed by atoms with van der Waals surface area (Å²) in [4.78, 5) is 4.80. The van der Waals surface area contributed by atoms with Crippen LogP contribution in [0.25, 0.3) is 32.7 Å². The van der Waals surface area contributed by atoms with Gasteiger partial charge in [-0.05, 0) is 129 Å². The van der Waals surface area contributed by atoms with E-state index in [2.05, 4.69) is 206 Å². The zero-order chi connectivity index (χ0) is 35.9. The van der Waals surface area contributed by atoms with E-state index >= 15 is 0 Å². The minimum atomic E-state index is -0.158. The van der Waals surface area contributed by atoms with Gasteiger partial charge in [-0.15, -0.1) is 0 Å². The lowest BCUT2D eigenvalue weighted by molar-refractivity contribution is 0.632. The third-order valence-electron chi connectivity index (χ3n) is 11.2. The first-order valence-electron chi connectivity index (χ1n) is 19.0. The summed E-state index contributed by atoms with van der Waals surface area (Å²) >= 11 is 0. The largest absolute Gasteiger partial charge is 0.310 e. The van der Waals surface area contributed by atoms with Crippen LogP contribution in [-0.2, 0) is 11.8 Å². The number of hydrogen-bond donors (Lipinski definition) is 0. The number of benzene rings is 8. The predicted octanol–water partition coefficient (Wildman–Crippen LogP) is 14.6. The summed E-state index contributed by atoms with van der Waals surface area (Å²) in [6.45, 7) is 6.99. The van der Waals surface area contributed by atoms with E-state index in [9.17, 15) is 0 Å². The van der Waals surface area contributed by atoms with Crippen molar-refractivity contribution in [2.45, 2.75) is 45.4 Å². The summed E-state index contributed by atoms with van der Waals surface area (Å²) < 4.78 is 0. The molecule has 0 bridgehead atoms. The van der Waals surface area contributed by atoms with Crippen molar-refractivity contribution in [2.24, 2.45) is 0 Å². The molecule has 8 aromatic carbocycles. The SMILES string of the molecule is CCCCc1cc2cc(N(c3ccccc3)c3ccc(-c4ccc5c(c4)C(C)(C)c4ccccc4N5c4ccccc4)cc3)ccc2c2ccccc12. The Labute approximate surface area is 313 Å². The van der Waals surface area contributed by atoms with Gasteiger partial charge in [0.05, 0.1) is 11.4 Å². The van der Waals surface area contributed by atoms with Crippen molar-refractivity contribution in [3.8, 4) is 11.1 Å². The molecule has 0 atom stereocenters. The fourth-order valence-electron chi connectivity index (χ4n) is 8.46. The lowest BCUT2D eigenvalue weighted by Gasteiger charge is -2.42. The summed E-state index contributed by atoms with van der Waals surface area (Å²) in [5.41, 5.74) is 13.5. The third-order valence-corrected chi connectivity index (χ3v) is 11.2. The highest BCUT2D eigenvalue weighted by Crippen LogP contribution is 2.52. The zero-order valence-corrected chi connectivity index (χ0v) is 30.8. The molecule has 0 aliphatic carbocycles. The average molecular weight is 685 g/mol. The molecule has 1 heterocycles. The number of anilines is 6. The normalized spacial score (nSPS) is 13.2. The van der Waals surface area contributed by atoms with Gasteiger partial charge in [0.25, 0.3) is 0 Å². The van der Waals surface area contributed by atoms with Gasteiger partial charge in [0.2, 0.25) is 0 Å². The number of rotatable bonds is 8. The summed E-state index contributed by atoms with van der Waals surface area (Å²) in [6.07, 6.45) is 3.48. The second-order valence-electron chi connectivity index (χ2n) is 14.9. The summed E-state index contributed by atoms with van der Waals surface area (Å²) in [5.74, 6) is 0. The van der Waals surface area contributed by atoms with Crippen LogP contribution < -0.4 is 9.80 Å². The number of hydrogen-bond acceptors (Lipinski definition) is 2. The second-order valence-corrected chi connectivity index (χ2v) is 14.9. The van der Waals surface area contributed by atoms with Crippen LogP contribution in [-0.4, -0.2) is 0 Å². The molecule has 1 aliphatic rings. The van der Waals surface area contributed by atoms with Crippen molar-refractivity contribution < 1.29 is 0 Å². The van der Waals surface area contributed by atoms with Gasteiger partial charge < -0.3 is 9.80 Å². The first kappa shape index (κ1) is 32.8. The van der Waals surface area contributed by atoms with Gasteiger partial charge in [-0.25, -0.2) is 0 Å². The molecule has 258 valence electrons. The van der Waals surface area contributed by atoms with E-state index in [1.54, 1.807) is 0 Å². The topological polar surface area (TPSA) is 6.48 Å². The molecule has 0 fully saturated rings. The van der Waals surface area contributed by atoms with Gasteiger partial charge in [0, 0.05) is 28.2 Å². The molecule has 53 heavy (non-hydrogen) atoms. The molecule has 0 amide bonds. The van der Waals surface area contributed by atoms with E-state index in [1.807, 2.05) is 0 Å². The molecule has 8 aromatic rings. The highest BCUT2D eigenvalue weighted by atomic mass is 15.2. The van der Waals surface area contributed by atoms with Crippen LogP contribution in [0.3, 0.4) is 0 Å². The minimum Gasteiger partial charge on any atom is -0.310 e. The molecular formula is C51H44N2. The summed E-state index contributed by atoms with van der Waals surface area (Å²) in [6, 6.07) is 64.7. The van der Waals surface area contributed by atoms with E-state index in [1.165, 1.54) is 79.3 Å². The smallest absolute Gasteiger partial charge is 0.0503 e. The number of fused-ring (bicyclic) bond motifs is 5. The monoisotopic (exact) mass is 684 g/mol. The first-order chi connectivity index (χ1) is 26.0. The molecular weight excluding hydrogens is 641 g/mol. The van der Waals surface area contributed by atoms with Crippen molar-refractivity contribution in [2.75, 3.05) is 9.80 Å².